The number of unbranched alkanes of at least 4 members (excludes halogenated alkanes) is 31. The second kappa shape index (κ2) is 34.5. The largest absolute Gasteiger partial charge is 0.353 e. The molecule has 0 fully saturated rings. The van der Waals surface area contributed by atoms with Gasteiger partial charge in [-0.2, -0.15) is 0 Å². The first-order valence-corrected chi connectivity index (χ1v) is 26.1. The lowest BCUT2D eigenvalue weighted by Crippen LogP contribution is -2.59. The van der Waals surface area contributed by atoms with E-state index in [0.717, 1.165) is 25.9 Å². The summed E-state index contributed by atoms with van der Waals surface area (Å²) in [5, 5.41) is 0. The summed E-state index contributed by atoms with van der Waals surface area (Å²) >= 11 is 0. The van der Waals surface area contributed by atoms with Gasteiger partial charge in [0.15, 0.2) is 0 Å². The monoisotopic (exact) mass is 797 g/mol. The minimum absolute atomic E-state index is 0.0674. The zero-order valence-corrected chi connectivity index (χ0v) is 39.1. The van der Waals surface area contributed by atoms with Crippen LogP contribution < -0.4 is 0 Å². The molecular formula is C56H96N2. The van der Waals surface area contributed by atoms with Crippen molar-refractivity contribution in [2.24, 2.45) is 0 Å². The Morgan fingerprint density at radius 2 is 0.655 bits per heavy atom. The van der Waals surface area contributed by atoms with Crippen LogP contribution in [0.15, 0.2) is 73.1 Å². The molecule has 0 saturated heterocycles. The maximum atomic E-state index is 2.80. The Kier molecular flexibility index (Phi) is 29.8. The van der Waals surface area contributed by atoms with E-state index in [0.29, 0.717) is 5.92 Å². The SMILES string of the molecule is CCCCCCCCCCCCCCCCCCCN1C=CN(CCCCCCCCCCCCCCCCCC)C1(Cc1ccccc1)C(CC)c1ccccc1. The van der Waals surface area contributed by atoms with Crippen molar-refractivity contribution in [2.45, 2.75) is 257 Å². The number of benzene rings is 2. The lowest BCUT2D eigenvalue weighted by Gasteiger charge is -2.51. The van der Waals surface area contributed by atoms with Crippen LogP contribution in [-0.4, -0.2) is 28.6 Å². The maximum Gasteiger partial charge on any atom is 0.123 e. The zero-order chi connectivity index (χ0) is 41.0. The molecule has 2 heteroatoms. The van der Waals surface area contributed by atoms with Crippen molar-refractivity contribution in [3.8, 4) is 0 Å². The Bertz CT molecular complexity index is 1190. The van der Waals surface area contributed by atoms with E-state index in [9.17, 15) is 0 Å². The van der Waals surface area contributed by atoms with Gasteiger partial charge in [0.1, 0.15) is 5.66 Å². The number of rotatable bonds is 40. The Hall–Kier alpha value is -2.22. The molecule has 0 aliphatic carbocycles. The highest BCUT2D eigenvalue weighted by atomic mass is 15.4. The van der Waals surface area contributed by atoms with Gasteiger partial charge < -0.3 is 9.80 Å². The molecule has 0 spiro atoms. The lowest BCUT2D eigenvalue weighted by atomic mass is 9.78. The van der Waals surface area contributed by atoms with Gasteiger partial charge in [0.2, 0.25) is 0 Å². The van der Waals surface area contributed by atoms with Gasteiger partial charge in [0.25, 0.3) is 0 Å². The average Bonchev–Trinajstić information content (AvgIpc) is 3.58. The van der Waals surface area contributed by atoms with Crippen molar-refractivity contribution in [1.29, 1.82) is 0 Å². The van der Waals surface area contributed by atoms with Crippen LogP contribution in [0, 0.1) is 0 Å². The summed E-state index contributed by atoms with van der Waals surface area (Å²) in [6.07, 6.45) is 54.2. The van der Waals surface area contributed by atoms with Crippen LogP contribution in [0.3, 0.4) is 0 Å². The van der Waals surface area contributed by atoms with E-state index in [1.54, 1.807) is 0 Å². The molecule has 2 nitrogen and oxygen atoms in total. The first-order valence-electron chi connectivity index (χ1n) is 26.1. The van der Waals surface area contributed by atoms with Gasteiger partial charge in [-0.1, -0.05) is 280 Å². The third-order valence-corrected chi connectivity index (χ3v) is 13.7. The van der Waals surface area contributed by atoms with Gasteiger partial charge in [0, 0.05) is 37.8 Å². The normalized spacial score (nSPS) is 15.8. The molecule has 0 amide bonds. The molecule has 0 bridgehead atoms. The standard InChI is InChI=1S/C56H96N2/c1-4-7-9-11-13-15-17-19-21-23-25-27-29-31-33-35-43-49-58-51-50-57(48-42-34-32-30-28-26-24-22-20-18-16-14-12-10-8-5-2)56(58,52-53-44-38-36-39-45-53)55(6-3)54-46-40-37-41-47-54/h36-41,44-47,50-51,55H,4-35,42-43,48-49,52H2,1-3H3. The molecule has 0 N–H and O–H groups in total. The van der Waals surface area contributed by atoms with E-state index in [1.807, 2.05) is 0 Å². The summed E-state index contributed by atoms with van der Waals surface area (Å²) in [5.41, 5.74) is 2.89. The predicted molar refractivity (Wildman–Crippen MR) is 259 cm³/mol. The molecule has 1 heterocycles. The fraction of sp³-hybridized carbons (Fsp3) is 0.750. The van der Waals surface area contributed by atoms with E-state index in [-0.39, 0.29) is 5.66 Å². The van der Waals surface area contributed by atoms with Crippen molar-refractivity contribution in [3.05, 3.63) is 84.2 Å². The van der Waals surface area contributed by atoms with Crippen molar-refractivity contribution >= 4 is 0 Å². The van der Waals surface area contributed by atoms with Gasteiger partial charge >= 0.3 is 0 Å². The highest BCUT2D eigenvalue weighted by molar-refractivity contribution is 5.30. The lowest BCUT2D eigenvalue weighted by molar-refractivity contribution is -0.00378. The average molecular weight is 797 g/mol. The number of hydrogen-bond acceptors (Lipinski definition) is 2. The molecule has 2 aromatic rings. The fourth-order valence-electron chi connectivity index (χ4n) is 10.1. The summed E-state index contributed by atoms with van der Waals surface area (Å²) < 4.78 is 0. The third kappa shape index (κ3) is 20.8. The Balaban J connectivity index is 1.43. The third-order valence-electron chi connectivity index (χ3n) is 13.7. The predicted octanol–water partition coefficient (Wildman–Crippen LogP) is 18.1. The van der Waals surface area contributed by atoms with E-state index in [2.05, 4.69) is 104 Å². The second-order valence-electron chi connectivity index (χ2n) is 18.6. The Morgan fingerprint density at radius 3 is 0.966 bits per heavy atom. The van der Waals surface area contributed by atoms with Crippen LogP contribution in [0.5, 0.6) is 0 Å². The quantitative estimate of drug-likeness (QED) is 0.0620. The Morgan fingerprint density at radius 1 is 0.362 bits per heavy atom. The van der Waals surface area contributed by atoms with Crippen LogP contribution in [0.25, 0.3) is 0 Å². The van der Waals surface area contributed by atoms with Crippen molar-refractivity contribution < 1.29 is 0 Å². The van der Waals surface area contributed by atoms with Gasteiger partial charge in [-0.15, -0.1) is 0 Å². The summed E-state index contributed by atoms with van der Waals surface area (Å²) in [5.74, 6) is 0.441. The van der Waals surface area contributed by atoms with E-state index >= 15 is 0 Å². The molecule has 330 valence electrons. The molecular weight excluding hydrogens is 701 g/mol. The Labute approximate surface area is 362 Å². The van der Waals surface area contributed by atoms with Crippen LogP contribution in [-0.2, 0) is 6.42 Å². The highest BCUT2D eigenvalue weighted by Gasteiger charge is 2.49. The number of hydrogen-bond donors (Lipinski definition) is 0. The first-order chi connectivity index (χ1) is 28.8. The smallest absolute Gasteiger partial charge is 0.123 e. The molecule has 1 aliphatic rings. The summed E-state index contributed by atoms with van der Waals surface area (Å²) in [4.78, 5) is 5.61. The molecule has 2 atom stereocenters. The van der Waals surface area contributed by atoms with Gasteiger partial charge in [-0.05, 0) is 30.4 Å². The van der Waals surface area contributed by atoms with Gasteiger partial charge in [-0.3, -0.25) is 0 Å². The van der Waals surface area contributed by atoms with Crippen LogP contribution >= 0.6 is 0 Å². The second-order valence-corrected chi connectivity index (χ2v) is 18.6. The van der Waals surface area contributed by atoms with Crippen molar-refractivity contribution in [3.63, 3.8) is 0 Å². The van der Waals surface area contributed by atoms with Crippen molar-refractivity contribution in [2.75, 3.05) is 13.1 Å². The minimum Gasteiger partial charge on any atom is -0.353 e. The summed E-state index contributed by atoms with van der Waals surface area (Å²) in [7, 11) is 0. The summed E-state index contributed by atoms with van der Waals surface area (Å²) in [6, 6.07) is 22.9. The molecule has 0 radical (unpaired) electrons. The molecule has 3 rings (SSSR count). The summed E-state index contributed by atoms with van der Waals surface area (Å²) in [6.45, 7) is 9.37. The maximum absolute atomic E-state index is 2.80. The molecule has 58 heavy (non-hydrogen) atoms. The topological polar surface area (TPSA) is 6.48 Å². The van der Waals surface area contributed by atoms with Gasteiger partial charge in [0.05, 0.1) is 0 Å². The molecule has 1 aliphatic heterocycles. The molecule has 2 aromatic carbocycles. The molecule has 0 saturated carbocycles. The minimum atomic E-state index is -0.0674. The van der Waals surface area contributed by atoms with E-state index < -0.39 is 0 Å². The van der Waals surface area contributed by atoms with Crippen LogP contribution in [0.4, 0.5) is 0 Å². The fourth-order valence-corrected chi connectivity index (χ4v) is 10.1. The van der Waals surface area contributed by atoms with Gasteiger partial charge in [-0.25, -0.2) is 0 Å². The van der Waals surface area contributed by atoms with E-state index in [1.165, 1.54) is 223 Å². The highest BCUT2D eigenvalue weighted by Crippen LogP contribution is 2.45. The van der Waals surface area contributed by atoms with Crippen molar-refractivity contribution in [1.82, 2.24) is 9.80 Å². The van der Waals surface area contributed by atoms with E-state index in [4.69, 9.17) is 0 Å². The van der Waals surface area contributed by atoms with Crippen LogP contribution in [0.2, 0.25) is 0 Å². The molecule has 0 aromatic heterocycles. The first kappa shape index (κ1) is 50.1. The van der Waals surface area contributed by atoms with Crippen LogP contribution in [0.1, 0.15) is 256 Å². The molecule has 2 unspecified atom stereocenters. The number of nitrogens with zero attached hydrogens (tertiary/aromatic N) is 2. The zero-order valence-electron chi connectivity index (χ0n) is 39.1.